The van der Waals surface area contributed by atoms with Crippen LogP contribution >= 0.6 is 11.3 Å². The zero-order valence-corrected chi connectivity index (χ0v) is 15.3. The topological polar surface area (TPSA) is 107 Å². The first-order chi connectivity index (χ1) is 13.1. The Balaban J connectivity index is 1.95. The molecule has 0 aliphatic heterocycles. The normalized spacial score (nSPS) is 11.4. The van der Waals surface area contributed by atoms with Gasteiger partial charge in [-0.3, -0.25) is 4.79 Å². The van der Waals surface area contributed by atoms with Crippen molar-refractivity contribution in [1.82, 2.24) is 0 Å². The minimum atomic E-state index is -4.32. The monoisotopic (exact) mass is 429 g/mol. The molecular weight excluding hydrogens is 419 g/mol. The molecule has 0 saturated heterocycles. The van der Waals surface area contributed by atoms with E-state index < -0.39 is 44.9 Å². The number of rotatable bonds is 5. The molecule has 0 saturated carbocycles. The van der Waals surface area contributed by atoms with Crippen LogP contribution in [0.4, 0.5) is 13.2 Å². The molecule has 0 fully saturated rings. The lowest BCUT2D eigenvalue weighted by Crippen LogP contribution is -2.18. The highest BCUT2D eigenvalue weighted by Gasteiger charge is 2.23. The Bertz CT molecular complexity index is 1190. The fourth-order valence-electron chi connectivity index (χ4n) is 2.36. The van der Waals surface area contributed by atoms with Crippen molar-refractivity contribution in [2.24, 2.45) is 5.14 Å². The number of phenols is 1. The molecule has 0 bridgehead atoms. The van der Waals surface area contributed by atoms with Crippen molar-refractivity contribution in [1.29, 1.82) is 0 Å². The third kappa shape index (κ3) is 4.01. The maximum atomic E-state index is 14.3. The van der Waals surface area contributed by atoms with Crippen molar-refractivity contribution in [3.05, 3.63) is 70.4 Å². The quantitative estimate of drug-likeness (QED) is 0.605. The summed E-state index contributed by atoms with van der Waals surface area (Å²) in [6.45, 7) is 0. The lowest BCUT2D eigenvalue weighted by atomic mass is 10.1. The summed E-state index contributed by atoms with van der Waals surface area (Å²) in [4.78, 5) is 12.6. The molecule has 6 nitrogen and oxygen atoms in total. The van der Waals surface area contributed by atoms with Crippen LogP contribution in [-0.4, -0.2) is 19.3 Å². The van der Waals surface area contributed by atoms with Crippen LogP contribution in [0, 0.1) is 17.5 Å². The van der Waals surface area contributed by atoms with Crippen LogP contribution in [0.15, 0.2) is 42.5 Å². The van der Waals surface area contributed by atoms with Gasteiger partial charge in [-0.25, -0.2) is 13.2 Å². The van der Waals surface area contributed by atoms with Gasteiger partial charge in [-0.2, -0.15) is 13.6 Å². The van der Waals surface area contributed by atoms with Crippen molar-refractivity contribution in [2.75, 3.05) is 0 Å². The third-order valence-corrected chi connectivity index (χ3v) is 5.09. The van der Waals surface area contributed by atoms with Crippen LogP contribution in [0.25, 0.3) is 10.4 Å². The number of phenolic OH excluding ortho intramolecular Hbond substituents is 1. The molecule has 11 heteroatoms. The Morgan fingerprint density at radius 3 is 2.39 bits per heavy atom. The molecule has 1 heterocycles. The van der Waals surface area contributed by atoms with E-state index >= 15 is 0 Å². The molecule has 3 rings (SSSR count). The molecule has 2 aromatic carbocycles. The van der Waals surface area contributed by atoms with Gasteiger partial charge >= 0.3 is 10.3 Å². The number of ketones is 1. The highest BCUT2D eigenvalue weighted by Crippen LogP contribution is 2.34. The minimum absolute atomic E-state index is 0.00247. The average molecular weight is 429 g/mol. The Morgan fingerprint density at radius 2 is 1.75 bits per heavy atom. The largest absolute Gasteiger partial charge is 0.505 e. The lowest BCUT2D eigenvalue weighted by molar-refractivity contribution is 0.103. The van der Waals surface area contributed by atoms with Crippen LogP contribution < -0.4 is 9.32 Å². The molecule has 3 aromatic rings. The molecule has 0 aliphatic carbocycles. The molecule has 28 heavy (non-hydrogen) atoms. The first kappa shape index (κ1) is 19.9. The molecule has 0 amide bonds. The summed E-state index contributed by atoms with van der Waals surface area (Å²) in [7, 11) is -4.32. The Hall–Kier alpha value is -2.89. The van der Waals surface area contributed by atoms with Crippen molar-refractivity contribution >= 4 is 27.4 Å². The van der Waals surface area contributed by atoms with Crippen molar-refractivity contribution in [3.8, 4) is 21.9 Å². The van der Waals surface area contributed by atoms with Gasteiger partial charge in [-0.1, -0.05) is 0 Å². The maximum Gasteiger partial charge on any atom is 0.380 e. The predicted octanol–water partition coefficient (Wildman–Crippen LogP) is 3.35. The second-order valence-electron chi connectivity index (χ2n) is 5.47. The predicted molar refractivity (Wildman–Crippen MR) is 94.9 cm³/mol. The highest BCUT2D eigenvalue weighted by atomic mass is 32.2. The van der Waals surface area contributed by atoms with Gasteiger partial charge in [0.15, 0.2) is 11.6 Å². The summed E-state index contributed by atoms with van der Waals surface area (Å²) < 4.78 is 68.2. The molecule has 146 valence electrons. The van der Waals surface area contributed by atoms with Gasteiger partial charge in [-0.05, 0) is 36.4 Å². The van der Waals surface area contributed by atoms with Crippen LogP contribution in [0.2, 0.25) is 0 Å². The zero-order valence-electron chi connectivity index (χ0n) is 13.6. The van der Waals surface area contributed by atoms with Gasteiger partial charge in [0, 0.05) is 16.5 Å². The van der Waals surface area contributed by atoms with E-state index in [-0.39, 0.29) is 21.1 Å². The Morgan fingerprint density at radius 1 is 1.04 bits per heavy atom. The van der Waals surface area contributed by atoms with E-state index in [1.165, 1.54) is 18.2 Å². The Kier molecular flexibility index (Phi) is 5.15. The second kappa shape index (κ2) is 7.26. The molecular formula is C17H10F3NO5S2. The lowest BCUT2D eigenvalue weighted by Gasteiger charge is -2.05. The second-order valence-corrected chi connectivity index (χ2v) is 7.70. The zero-order chi connectivity index (χ0) is 20.6. The molecule has 0 radical (unpaired) electrons. The van der Waals surface area contributed by atoms with E-state index in [1.807, 2.05) is 0 Å². The van der Waals surface area contributed by atoms with Crippen LogP contribution in [-0.2, 0) is 10.3 Å². The van der Waals surface area contributed by atoms with Crippen molar-refractivity contribution in [3.63, 3.8) is 0 Å². The summed E-state index contributed by atoms with van der Waals surface area (Å²) in [5, 5.41) is 14.0. The molecule has 0 spiro atoms. The number of hydrogen-bond donors (Lipinski definition) is 2. The van der Waals surface area contributed by atoms with Crippen molar-refractivity contribution < 1.29 is 35.7 Å². The number of carbonyl (C=O) groups excluding carboxylic acids is 1. The van der Waals surface area contributed by atoms with Crippen LogP contribution in [0.5, 0.6) is 11.5 Å². The molecule has 1 aromatic heterocycles. The molecule has 0 aliphatic rings. The van der Waals surface area contributed by atoms with E-state index in [0.717, 1.165) is 35.6 Å². The number of aromatic hydroxyl groups is 1. The van der Waals surface area contributed by atoms with Gasteiger partial charge in [-0.15, -0.1) is 11.3 Å². The number of halogens is 3. The van der Waals surface area contributed by atoms with Gasteiger partial charge in [0.25, 0.3) is 0 Å². The molecule has 0 atom stereocenters. The SMILES string of the molecule is NS(=O)(=O)Oc1ccc(-c2ccc(C(=O)c3c(F)ccc(O)c3F)s2)c(F)c1. The summed E-state index contributed by atoms with van der Waals surface area (Å²) in [5.41, 5.74) is -0.923. The first-order valence-electron chi connectivity index (χ1n) is 7.40. The van der Waals surface area contributed by atoms with E-state index in [2.05, 4.69) is 4.18 Å². The number of thiophene rings is 1. The number of benzene rings is 2. The summed E-state index contributed by atoms with van der Waals surface area (Å²) in [6, 6.07) is 7.28. The summed E-state index contributed by atoms with van der Waals surface area (Å²) in [6.07, 6.45) is 0. The maximum absolute atomic E-state index is 14.3. The van der Waals surface area contributed by atoms with Crippen LogP contribution in [0.1, 0.15) is 15.2 Å². The number of carbonyl (C=O) groups is 1. The van der Waals surface area contributed by atoms with Gasteiger partial charge in [0.1, 0.15) is 17.4 Å². The van der Waals surface area contributed by atoms with Crippen molar-refractivity contribution in [2.45, 2.75) is 0 Å². The highest BCUT2D eigenvalue weighted by molar-refractivity contribution is 7.84. The van der Waals surface area contributed by atoms with E-state index in [0.29, 0.717) is 0 Å². The first-order valence-corrected chi connectivity index (χ1v) is 9.69. The summed E-state index contributed by atoms with van der Waals surface area (Å²) in [5.74, 6) is -5.64. The molecule has 3 N–H and O–H groups in total. The minimum Gasteiger partial charge on any atom is -0.505 e. The smallest absolute Gasteiger partial charge is 0.380 e. The standard InChI is InChI=1S/C17H10F3NO5S2/c18-10-3-4-12(22)16(20)15(10)17(23)14-6-5-13(27-14)9-2-1-8(7-11(9)19)26-28(21,24)25/h1-7,22H,(H2,21,24,25). The third-order valence-electron chi connectivity index (χ3n) is 3.55. The molecule has 0 unspecified atom stereocenters. The summed E-state index contributed by atoms with van der Waals surface area (Å²) >= 11 is 0.757. The van der Waals surface area contributed by atoms with E-state index in [1.54, 1.807) is 0 Å². The Labute approximate surface area is 160 Å². The average Bonchev–Trinajstić information content (AvgIpc) is 3.07. The van der Waals surface area contributed by atoms with E-state index in [4.69, 9.17) is 5.14 Å². The van der Waals surface area contributed by atoms with Gasteiger partial charge < -0.3 is 9.29 Å². The van der Waals surface area contributed by atoms with Gasteiger partial charge in [0.05, 0.1) is 10.4 Å². The number of nitrogens with two attached hydrogens (primary N) is 1. The van der Waals surface area contributed by atoms with Gasteiger partial charge in [0.2, 0.25) is 5.78 Å². The van der Waals surface area contributed by atoms with E-state index in [9.17, 15) is 31.5 Å². The fraction of sp³-hybridized carbons (Fsp3) is 0. The fourth-order valence-corrected chi connectivity index (χ4v) is 3.71. The van der Waals surface area contributed by atoms with Crippen LogP contribution in [0.3, 0.4) is 0 Å². The number of hydrogen-bond acceptors (Lipinski definition) is 6.